The second-order valence-corrected chi connectivity index (χ2v) is 4.31. The average molecular weight is 271 g/mol. The van der Waals surface area contributed by atoms with Crippen molar-refractivity contribution in [3.05, 3.63) is 52.8 Å². The molecule has 102 valence electrons. The first-order chi connectivity index (χ1) is 9.45. The number of carboxylic acids is 1. The van der Waals surface area contributed by atoms with E-state index in [-0.39, 0.29) is 17.4 Å². The molecule has 0 aliphatic carbocycles. The first-order valence-corrected chi connectivity index (χ1v) is 5.92. The summed E-state index contributed by atoms with van der Waals surface area (Å²) in [4.78, 5) is 30.9. The number of aryl methyl sites for hydroxylation is 2. The van der Waals surface area contributed by atoms with Gasteiger partial charge in [-0.1, -0.05) is 0 Å². The molecule has 6 heteroatoms. The van der Waals surface area contributed by atoms with Crippen LogP contribution in [0.25, 0.3) is 0 Å². The lowest BCUT2D eigenvalue weighted by Gasteiger charge is -2.05. The Labute approximate surface area is 115 Å². The molecule has 1 aromatic heterocycles. The molecule has 0 saturated heterocycles. The van der Waals surface area contributed by atoms with Crippen molar-refractivity contribution in [3.8, 4) is 0 Å². The number of carbonyl (C=O) groups is 2. The van der Waals surface area contributed by atoms with Crippen molar-refractivity contribution < 1.29 is 14.7 Å². The Kier molecular flexibility index (Phi) is 3.74. The molecule has 0 radical (unpaired) electrons. The Morgan fingerprint density at radius 2 is 1.50 bits per heavy atom. The molecule has 6 nitrogen and oxygen atoms in total. The predicted octanol–water partition coefficient (Wildman–Crippen LogP) is 2.04. The number of anilines is 1. The van der Waals surface area contributed by atoms with Gasteiger partial charge in [0.25, 0.3) is 5.91 Å². The van der Waals surface area contributed by atoms with Crippen LogP contribution in [0.1, 0.15) is 32.1 Å². The van der Waals surface area contributed by atoms with Crippen molar-refractivity contribution in [1.29, 1.82) is 0 Å². The zero-order valence-corrected chi connectivity index (χ0v) is 11.0. The number of aromatic carboxylic acids is 1. The monoisotopic (exact) mass is 271 g/mol. The highest BCUT2D eigenvalue weighted by atomic mass is 16.4. The molecule has 2 rings (SSSR count). The number of hydrogen-bond acceptors (Lipinski definition) is 4. The van der Waals surface area contributed by atoms with Gasteiger partial charge in [0.1, 0.15) is 0 Å². The molecule has 0 aliphatic rings. The summed E-state index contributed by atoms with van der Waals surface area (Å²) in [6.07, 6.45) is 0. The fourth-order valence-electron chi connectivity index (χ4n) is 1.72. The van der Waals surface area contributed by atoms with Crippen molar-refractivity contribution in [3.63, 3.8) is 0 Å². The number of nitrogens with zero attached hydrogens (tertiary/aromatic N) is 2. The summed E-state index contributed by atoms with van der Waals surface area (Å²) >= 11 is 0. The Hall–Kier alpha value is -2.76. The summed E-state index contributed by atoms with van der Waals surface area (Å²) in [5, 5.41) is 11.4. The number of rotatable bonds is 3. The first-order valence-electron chi connectivity index (χ1n) is 5.92. The molecule has 1 amide bonds. The Morgan fingerprint density at radius 1 is 1.00 bits per heavy atom. The number of carboxylic acid groups (broad SMARTS) is 1. The molecule has 0 atom stereocenters. The molecular formula is C14H13N3O3. The molecule has 20 heavy (non-hydrogen) atoms. The number of nitrogens with one attached hydrogen (secondary N) is 1. The van der Waals surface area contributed by atoms with Crippen LogP contribution in [0.2, 0.25) is 0 Å². The van der Waals surface area contributed by atoms with Gasteiger partial charge in [-0.25, -0.2) is 14.8 Å². The van der Waals surface area contributed by atoms with E-state index in [4.69, 9.17) is 5.11 Å². The van der Waals surface area contributed by atoms with Crippen LogP contribution in [0.5, 0.6) is 0 Å². The Bertz CT molecular complexity index is 646. The molecule has 0 saturated carbocycles. The lowest BCUT2D eigenvalue weighted by molar-refractivity contribution is 0.0696. The van der Waals surface area contributed by atoms with Crippen LogP contribution in [0.3, 0.4) is 0 Å². The Morgan fingerprint density at radius 3 is 2.00 bits per heavy atom. The second kappa shape index (κ2) is 5.48. The molecule has 2 aromatic rings. The third kappa shape index (κ3) is 3.17. The lowest BCUT2D eigenvalue weighted by Crippen LogP contribution is -2.15. The minimum absolute atomic E-state index is 0.129. The minimum atomic E-state index is -1.03. The summed E-state index contributed by atoms with van der Waals surface area (Å²) in [5.74, 6) is -1.18. The molecule has 0 bridgehead atoms. The predicted molar refractivity (Wildman–Crippen MR) is 72.9 cm³/mol. The van der Waals surface area contributed by atoms with Gasteiger partial charge in [0.05, 0.1) is 5.56 Å². The number of aromatic nitrogens is 2. The van der Waals surface area contributed by atoms with Crippen LogP contribution in [0.4, 0.5) is 5.95 Å². The van der Waals surface area contributed by atoms with E-state index >= 15 is 0 Å². The highest BCUT2D eigenvalue weighted by Gasteiger charge is 2.10. The third-order valence-corrected chi connectivity index (χ3v) is 2.60. The van der Waals surface area contributed by atoms with Crippen LogP contribution < -0.4 is 5.32 Å². The second-order valence-electron chi connectivity index (χ2n) is 4.31. The van der Waals surface area contributed by atoms with E-state index in [1.165, 1.54) is 24.3 Å². The molecule has 2 N–H and O–H groups in total. The van der Waals surface area contributed by atoms with Gasteiger partial charge in [0, 0.05) is 17.0 Å². The van der Waals surface area contributed by atoms with E-state index in [0.717, 1.165) is 11.4 Å². The van der Waals surface area contributed by atoms with E-state index in [1.54, 1.807) is 6.07 Å². The largest absolute Gasteiger partial charge is 0.478 e. The lowest BCUT2D eigenvalue weighted by atomic mass is 10.1. The maximum Gasteiger partial charge on any atom is 0.335 e. The number of hydrogen-bond donors (Lipinski definition) is 2. The summed E-state index contributed by atoms with van der Waals surface area (Å²) in [5.41, 5.74) is 1.99. The maximum absolute atomic E-state index is 12.0. The molecule has 0 fully saturated rings. The fraction of sp³-hybridized carbons (Fsp3) is 0.143. The van der Waals surface area contributed by atoms with Gasteiger partial charge in [-0.3, -0.25) is 10.1 Å². The molecule has 1 heterocycles. The molecule has 0 unspecified atom stereocenters. The van der Waals surface area contributed by atoms with Gasteiger partial charge in [-0.15, -0.1) is 0 Å². The topological polar surface area (TPSA) is 92.2 Å². The van der Waals surface area contributed by atoms with Crippen LogP contribution >= 0.6 is 0 Å². The van der Waals surface area contributed by atoms with Crippen LogP contribution in [-0.2, 0) is 0 Å². The third-order valence-electron chi connectivity index (χ3n) is 2.60. The quantitative estimate of drug-likeness (QED) is 0.891. The van der Waals surface area contributed by atoms with E-state index in [0.29, 0.717) is 5.56 Å². The van der Waals surface area contributed by atoms with Gasteiger partial charge in [0.15, 0.2) is 0 Å². The van der Waals surface area contributed by atoms with Crippen molar-refractivity contribution in [1.82, 2.24) is 9.97 Å². The smallest absolute Gasteiger partial charge is 0.335 e. The SMILES string of the molecule is Cc1cc(C)nc(NC(=O)c2ccc(C(=O)O)cc2)n1. The van der Waals surface area contributed by atoms with Gasteiger partial charge >= 0.3 is 5.97 Å². The fourth-order valence-corrected chi connectivity index (χ4v) is 1.72. The summed E-state index contributed by atoms with van der Waals surface area (Å²) < 4.78 is 0. The van der Waals surface area contributed by atoms with Crippen molar-refractivity contribution in [2.75, 3.05) is 5.32 Å². The average Bonchev–Trinajstić information content (AvgIpc) is 2.37. The summed E-state index contributed by atoms with van der Waals surface area (Å²) in [6, 6.07) is 7.44. The number of amides is 1. The van der Waals surface area contributed by atoms with E-state index in [2.05, 4.69) is 15.3 Å². The standard InChI is InChI=1S/C14H13N3O3/c1-8-7-9(2)16-14(15-8)17-12(18)10-3-5-11(6-4-10)13(19)20/h3-7H,1-2H3,(H,19,20)(H,15,16,17,18). The molecular weight excluding hydrogens is 258 g/mol. The molecule has 0 spiro atoms. The van der Waals surface area contributed by atoms with Crippen LogP contribution in [-0.4, -0.2) is 27.0 Å². The summed E-state index contributed by atoms with van der Waals surface area (Å²) in [7, 11) is 0. The zero-order valence-electron chi connectivity index (χ0n) is 11.0. The van der Waals surface area contributed by atoms with E-state index in [9.17, 15) is 9.59 Å². The van der Waals surface area contributed by atoms with Gasteiger partial charge < -0.3 is 5.11 Å². The van der Waals surface area contributed by atoms with E-state index in [1.807, 2.05) is 13.8 Å². The van der Waals surface area contributed by atoms with Crippen LogP contribution in [0, 0.1) is 13.8 Å². The van der Waals surface area contributed by atoms with Crippen molar-refractivity contribution >= 4 is 17.8 Å². The van der Waals surface area contributed by atoms with Gasteiger partial charge in [-0.2, -0.15) is 0 Å². The van der Waals surface area contributed by atoms with Gasteiger partial charge in [0.2, 0.25) is 5.95 Å². The zero-order chi connectivity index (χ0) is 14.7. The number of carbonyl (C=O) groups excluding carboxylic acids is 1. The van der Waals surface area contributed by atoms with Crippen LogP contribution in [0.15, 0.2) is 30.3 Å². The Balaban J connectivity index is 2.17. The van der Waals surface area contributed by atoms with E-state index < -0.39 is 5.97 Å². The van der Waals surface area contributed by atoms with Crippen molar-refractivity contribution in [2.24, 2.45) is 0 Å². The number of benzene rings is 1. The minimum Gasteiger partial charge on any atom is -0.478 e. The first kappa shape index (κ1) is 13.7. The normalized spacial score (nSPS) is 10.1. The van der Waals surface area contributed by atoms with Crippen molar-refractivity contribution in [2.45, 2.75) is 13.8 Å². The van der Waals surface area contributed by atoms with Gasteiger partial charge in [-0.05, 0) is 44.2 Å². The highest BCUT2D eigenvalue weighted by Crippen LogP contribution is 2.08. The summed E-state index contributed by atoms with van der Waals surface area (Å²) in [6.45, 7) is 3.62. The maximum atomic E-state index is 12.0. The molecule has 0 aliphatic heterocycles. The molecule has 1 aromatic carbocycles. The highest BCUT2D eigenvalue weighted by molar-refractivity contribution is 6.03.